The second kappa shape index (κ2) is 5.29. The van der Waals surface area contributed by atoms with E-state index in [4.69, 9.17) is 11.5 Å². The molecule has 0 saturated carbocycles. The van der Waals surface area contributed by atoms with Gasteiger partial charge in [0.2, 0.25) is 0 Å². The monoisotopic (exact) mass is 259 g/mol. The Morgan fingerprint density at radius 2 is 2.05 bits per heavy atom. The van der Waals surface area contributed by atoms with Gasteiger partial charge in [0.15, 0.2) is 0 Å². The van der Waals surface area contributed by atoms with Crippen molar-refractivity contribution in [2.75, 3.05) is 0 Å². The maximum atomic E-state index is 12.4. The van der Waals surface area contributed by atoms with Crippen LogP contribution >= 0.6 is 0 Å². The number of carbonyl (C=O) groups is 1. The van der Waals surface area contributed by atoms with E-state index in [1.165, 1.54) is 4.68 Å². The van der Waals surface area contributed by atoms with Crippen molar-refractivity contribution in [3.63, 3.8) is 0 Å². The zero-order chi connectivity index (χ0) is 14.0. The number of carbonyl (C=O) groups excluding carboxylic acids is 1. The lowest BCUT2D eigenvalue weighted by molar-refractivity contribution is 0.0942. The van der Waals surface area contributed by atoms with Crippen LogP contribution in [0, 0.1) is 13.8 Å². The van der Waals surface area contributed by atoms with Crippen molar-refractivity contribution < 1.29 is 4.79 Å². The molecule has 0 unspecified atom stereocenters. The largest absolute Gasteiger partial charge is 0.326 e. The maximum Gasteiger partial charge on any atom is 0.278 e. The fraction of sp³-hybridized carbons (Fsp3) is 0.308. The van der Waals surface area contributed by atoms with Crippen LogP contribution in [0.15, 0.2) is 18.3 Å². The molecule has 0 aliphatic carbocycles. The van der Waals surface area contributed by atoms with E-state index in [9.17, 15) is 4.79 Å². The Hall–Kier alpha value is -2.05. The minimum atomic E-state index is -0.197. The van der Waals surface area contributed by atoms with Gasteiger partial charge in [0, 0.05) is 36.1 Å². The van der Waals surface area contributed by atoms with Gasteiger partial charge in [-0.05, 0) is 26.0 Å². The molecule has 0 saturated heterocycles. The van der Waals surface area contributed by atoms with Crippen LogP contribution in [0.2, 0.25) is 0 Å². The third-order valence-electron chi connectivity index (χ3n) is 3.11. The molecule has 0 aliphatic heterocycles. The first-order valence-electron chi connectivity index (χ1n) is 6.03. The molecule has 0 aromatic carbocycles. The van der Waals surface area contributed by atoms with Gasteiger partial charge in [0.1, 0.15) is 0 Å². The van der Waals surface area contributed by atoms with Gasteiger partial charge in [0.25, 0.3) is 5.91 Å². The van der Waals surface area contributed by atoms with Crippen LogP contribution in [0.4, 0.5) is 0 Å². The van der Waals surface area contributed by atoms with Gasteiger partial charge in [-0.15, -0.1) is 0 Å². The van der Waals surface area contributed by atoms with E-state index in [1.54, 1.807) is 18.3 Å². The Labute approximate surface area is 111 Å². The summed E-state index contributed by atoms with van der Waals surface area (Å²) >= 11 is 0. The molecule has 0 aliphatic rings. The van der Waals surface area contributed by atoms with Gasteiger partial charge in [0.05, 0.1) is 11.4 Å². The SMILES string of the molecule is Cc1nn(C(=O)c2ccnc(CN)c2)c(C)c1CN. The number of nitrogens with two attached hydrogens (primary N) is 2. The molecule has 0 spiro atoms. The highest BCUT2D eigenvalue weighted by Gasteiger charge is 2.17. The van der Waals surface area contributed by atoms with Gasteiger partial charge < -0.3 is 11.5 Å². The number of rotatable bonds is 3. The molecule has 6 heteroatoms. The summed E-state index contributed by atoms with van der Waals surface area (Å²) in [6.45, 7) is 4.35. The van der Waals surface area contributed by atoms with Crippen LogP contribution in [0.25, 0.3) is 0 Å². The summed E-state index contributed by atoms with van der Waals surface area (Å²) in [5, 5.41) is 4.25. The van der Waals surface area contributed by atoms with Gasteiger partial charge >= 0.3 is 0 Å². The van der Waals surface area contributed by atoms with E-state index in [0.717, 1.165) is 17.0 Å². The Morgan fingerprint density at radius 1 is 1.32 bits per heavy atom. The molecule has 2 aromatic rings. The van der Waals surface area contributed by atoms with E-state index in [0.29, 0.717) is 24.3 Å². The Bertz CT molecular complexity index is 617. The third-order valence-corrected chi connectivity index (χ3v) is 3.11. The number of aryl methyl sites for hydroxylation is 1. The minimum Gasteiger partial charge on any atom is -0.326 e. The Kier molecular flexibility index (Phi) is 3.73. The first-order valence-corrected chi connectivity index (χ1v) is 6.03. The van der Waals surface area contributed by atoms with E-state index in [-0.39, 0.29) is 5.91 Å². The molecule has 2 rings (SSSR count). The van der Waals surface area contributed by atoms with Crippen molar-refractivity contribution in [2.45, 2.75) is 26.9 Å². The summed E-state index contributed by atoms with van der Waals surface area (Å²) in [5.41, 5.74) is 14.8. The lowest BCUT2D eigenvalue weighted by Crippen LogP contribution is -2.16. The summed E-state index contributed by atoms with van der Waals surface area (Å²) in [4.78, 5) is 16.5. The predicted octanol–water partition coefficient (Wildman–Crippen LogP) is 0.501. The van der Waals surface area contributed by atoms with Crippen molar-refractivity contribution in [3.8, 4) is 0 Å². The topological polar surface area (TPSA) is 99.8 Å². The van der Waals surface area contributed by atoms with Crippen molar-refractivity contribution in [3.05, 3.63) is 46.5 Å². The number of aromatic nitrogens is 3. The average Bonchev–Trinajstić information content (AvgIpc) is 2.72. The zero-order valence-corrected chi connectivity index (χ0v) is 11.1. The van der Waals surface area contributed by atoms with E-state index in [2.05, 4.69) is 10.1 Å². The second-order valence-electron chi connectivity index (χ2n) is 4.31. The van der Waals surface area contributed by atoms with E-state index >= 15 is 0 Å². The molecular formula is C13H17N5O. The minimum absolute atomic E-state index is 0.197. The van der Waals surface area contributed by atoms with Crippen LogP contribution in [0.5, 0.6) is 0 Å². The van der Waals surface area contributed by atoms with Crippen LogP contribution in [-0.2, 0) is 13.1 Å². The zero-order valence-electron chi connectivity index (χ0n) is 11.1. The number of pyridine rings is 1. The molecule has 0 fully saturated rings. The molecule has 0 bridgehead atoms. The van der Waals surface area contributed by atoms with Gasteiger partial charge in [-0.1, -0.05) is 0 Å². The Morgan fingerprint density at radius 3 is 2.63 bits per heavy atom. The van der Waals surface area contributed by atoms with Gasteiger partial charge in [-0.25, -0.2) is 4.68 Å². The normalized spacial score (nSPS) is 10.7. The van der Waals surface area contributed by atoms with Crippen molar-refractivity contribution in [1.82, 2.24) is 14.8 Å². The maximum absolute atomic E-state index is 12.4. The summed E-state index contributed by atoms with van der Waals surface area (Å²) in [6.07, 6.45) is 1.57. The summed E-state index contributed by atoms with van der Waals surface area (Å²) < 4.78 is 1.38. The molecule has 4 N–H and O–H groups in total. The lowest BCUT2D eigenvalue weighted by atomic mass is 10.2. The first-order chi connectivity index (χ1) is 9.08. The van der Waals surface area contributed by atoms with Crippen molar-refractivity contribution in [1.29, 1.82) is 0 Å². The van der Waals surface area contributed by atoms with Crippen LogP contribution in [0.3, 0.4) is 0 Å². The lowest BCUT2D eigenvalue weighted by Gasteiger charge is -2.05. The summed E-state index contributed by atoms with van der Waals surface area (Å²) in [6, 6.07) is 3.33. The summed E-state index contributed by atoms with van der Waals surface area (Å²) in [7, 11) is 0. The molecular weight excluding hydrogens is 242 g/mol. The van der Waals surface area contributed by atoms with Crippen LogP contribution in [-0.4, -0.2) is 20.7 Å². The average molecular weight is 259 g/mol. The third kappa shape index (κ3) is 2.40. The number of nitrogens with zero attached hydrogens (tertiary/aromatic N) is 3. The highest BCUT2D eigenvalue weighted by Crippen LogP contribution is 2.14. The van der Waals surface area contributed by atoms with Gasteiger partial charge in [-0.3, -0.25) is 9.78 Å². The quantitative estimate of drug-likeness (QED) is 0.836. The van der Waals surface area contributed by atoms with Gasteiger partial charge in [-0.2, -0.15) is 5.10 Å². The van der Waals surface area contributed by atoms with E-state index in [1.807, 2.05) is 13.8 Å². The van der Waals surface area contributed by atoms with Crippen molar-refractivity contribution >= 4 is 5.91 Å². The van der Waals surface area contributed by atoms with Crippen LogP contribution in [0.1, 0.15) is 33.0 Å². The van der Waals surface area contributed by atoms with Crippen molar-refractivity contribution in [2.24, 2.45) is 11.5 Å². The molecule has 2 aromatic heterocycles. The highest BCUT2D eigenvalue weighted by atomic mass is 16.2. The smallest absolute Gasteiger partial charge is 0.278 e. The predicted molar refractivity (Wildman–Crippen MR) is 71.4 cm³/mol. The number of hydrogen-bond donors (Lipinski definition) is 2. The number of hydrogen-bond acceptors (Lipinski definition) is 5. The highest BCUT2D eigenvalue weighted by molar-refractivity contribution is 5.95. The molecule has 0 radical (unpaired) electrons. The first kappa shape index (κ1) is 13.4. The second-order valence-corrected chi connectivity index (χ2v) is 4.31. The molecule has 100 valence electrons. The summed E-state index contributed by atoms with van der Waals surface area (Å²) in [5.74, 6) is -0.197. The van der Waals surface area contributed by atoms with Crippen LogP contribution < -0.4 is 11.5 Å². The molecule has 19 heavy (non-hydrogen) atoms. The molecule has 2 heterocycles. The fourth-order valence-electron chi connectivity index (χ4n) is 2.01. The molecule has 6 nitrogen and oxygen atoms in total. The molecule has 0 amide bonds. The Balaban J connectivity index is 2.44. The standard InChI is InChI=1S/C13H17N5O/c1-8-12(7-15)9(2)18(17-8)13(19)10-3-4-16-11(5-10)6-14/h3-5H,6-7,14-15H2,1-2H3. The molecule has 0 atom stereocenters. The fourth-order valence-corrected chi connectivity index (χ4v) is 2.01. The van der Waals surface area contributed by atoms with E-state index < -0.39 is 0 Å².